The number of rotatable bonds is 5. The fourth-order valence-corrected chi connectivity index (χ4v) is 2.60. The van der Waals surface area contributed by atoms with E-state index >= 15 is 0 Å². The minimum absolute atomic E-state index is 0.0983. The molecule has 0 atom stereocenters. The first kappa shape index (κ1) is 17.3. The zero-order valence-electron chi connectivity index (χ0n) is 14.2. The second-order valence-electron chi connectivity index (χ2n) is 6.85. The Morgan fingerprint density at radius 1 is 1.13 bits per heavy atom. The van der Waals surface area contributed by atoms with E-state index in [0.717, 1.165) is 19.3 Å². The zero-order chi connectivity index (χ0) is 16.9. The van der Waals surface area contributed by atoms with Crippen LogP contribution in [0.25, 0.3) is 0 Å². The molecule has 0 bridgehead atoms. The number of anilines is 1. The largest absolute Gasteiger partial charge is 0.347 e. The highest BCUT2D eigenvalue weighted by molar-refractivity contribution is 5.96. The minimum Gasteiger partial charge on any atom is -0.347 e. The zero-order valence-corrected chi connectivity index (χ0v) is 14.2. The van der Waals surface area contributed by atoms with Gasteiger partial charge in [-0.3, -0.25) is 4.79 Å². The number of nitrogens with one attached hydrogen (secondary N) is 3. The van der Waals surface area contributed by atoms with Gasteiger partial charge >= 0.3 is 6.03 Å². The highest BCUT2D eigenvalue weighted by Crippen LogP contribution is 2.18. The monoisotopic (exact) mass is 317 g/mol. The van der Waals surface area contributed by atoms with Gasteiger partial charge in [0.1, 0.15) is 0 Å². The molecule has 23 heavy (non-hydrogen) atoms. The van der Waals surface area contributed by atoms with Gasteiger partial charge in [0.25, 0.3) is 5.91 Å². The van der Waals surface area contributed by atoms with E-state index in [1.54, 1.807) is 24.3 Å². The summed E-state index contributed by atoms with van der Waals surface area (Å²) in [7, 11) is 0. The molecule has 5 nitrogen and oxygen atoms in total. The smallest absolute Gasteiger partial charge is 0.319 e. The first-order valence-electron chi connectivity index (χ1n) is 8.40. The molecule has 3 amide bonds. The van der Waals surface area contributed by atoms with Crippen molar-refractivity contribution in [2.45, 2.75) is 64.5 Å². The molecular weight excluding hydrogens is 290 g/mol. The summed E-state index contributed by atoms with van der Waals surface area (Å²) in [4.78, 5) is 24.1. The average molecular weight is 317 g/mol. The van der Waals surface area contributed by atoms with E-state index in [-0.39, 0.29) is 23.5 Å². The van der Waals surface area contributed by atoms with Gasteiger partial charge in [-0.25, -0.2) is 4.79 Å². The molecule has 2 rings (SSSR count). The second kappa shape index (κ2) is 7.49. The van der Waals surface area contributed by atoms with E-state index in [9.17, 15) is 9.59 Å². The number of urea groups is 1. The third-order valence-electron chi connectivity index (χ3n) is 4.43. The van der Waals surface area contributed by atoms with Gasteiger partial charge in [-0.15, -0.1) is 0 Å². The maximum absolute atomic E-state index is 12.2. The van der Waals surface area contributed by atoms with E-state index in [2.05, 4.69) is 16.0 Å². The van der Waals surface area contributed by atoms with Gasteiger partial charge in [0.15, 0.2) is 0 Å². The van der Waals surface area contributed by atoms with Crippen molar-refractivity contribution in [1.29, 1.82) is 0 Å². The van der Waals surface area contributed by atoms with Crippen molar-refractivity contribution in [2.75, 3.05) is 5.32 Å². The van der Waals surface area contributed by atoms with Crippen LogP contribution in [0.15, 0.2) is 24.3 Å². The SMILES string of the molecule is CCC(C)(C)NC(=O)c1ccc(NC(=O)NC2CCCC2)cc1. The molecular formula is C18H27N3O2. The van der Waals surface area contributed by atoms with Gasteiger partial charge in [0, 0.05) is 22.8 Å². The Hall–Kier alpha value is -2.04. The van der Waals surface area contributed by atoms with Gasteiger partial charge in [-0.05, 0) is 57.4 Å². The number of amides is 3. The molecule has 1 aliphatic rings. The van der Waals surface area contributed by atoms with Crippen LogP contribution >= 0.6 is 0 Å². The maximum Gasteiger partial charge on any atom is 0.319 e. The number of carbonyl (C=O) groups excluding carboxylic acids is 2. The molecule has 1 aromatic rings. The van der Waals surface area contributed by atoms with Crippen LogP contribution in [-0.2, 0) is 0 Å². The number of hydrogen-bond donors (Lipinski definition) is 3. The van der Waals surface area contributed by atoms with Gasteiger partial charge in [0.2, 0.25) is 0 Å². The topological polar surface area (TPSA) is 70.2 Å². The van der Waals surface area contributed by atoms with Crippen molar-refractivity contribution >= 4 is 17.6 Å². The summed E-state index contributed by atoms with van der Waals surface area (Å²) in [6.07, 6.45) is 5.34. The van der Waals surface area contributed by atoms with Gasteiger partial charge < -0.3 is 16.0 Å². The first-order valence-corrected chi connectivity index (χ1v) is 8.40. The van der Waals surface area contributed by atoms with Gasteiger partial charge in [-0.1, -0.05) is 19.8 Å². The van der Waals surface area contributed by atoms with Crippen LogP contribution in [0.2, 0.25) is 0 Å². The summed E-state index contributed by atoms with van der Waals surface area (Å²) >= 11 is 0. The van der Waals surface area contributed by atoms with Gasteiger partial charge in [0.05, 0.1) is 0 Å². The molecule has 0 saturated heterocycles. The molecule has 0 spiro atoms. The van der Waals surface area contributed by atoms with Crippen LogP contribution in [0.4, 0.5) is 10.5 Å². The van der Waals surface area contributed by atoms with Crippen LogP contribution in [0, 0.1) is 0 Å². The number of carbonyl (C=O) groups is 2. The summed E-state index contributed by atoms with van der Waals surface area (Å²) in [5.41, 5.74) is 1.05. The molecule has 0 radical (unpaired) electrons. The highest BCUT2D eigenvalue weighted by atomic mass is 16.2. The average Bonchev–Trinajstić information content (AvgIpc) is 3.00. The lowest BCUT2D eigenvalue weighted by Gasteiger charge is -2.24. The van der Waals surface area contributed by atoms with Crippen molar-refractivity contribution in [2.24, 2.45) is 0 Å². The Balaban J connectivity index is 1.88. The van der Waals surface area contributed by atoms with E-state index < -0.39 is 0 Å². The fraction of sp³-hybridized carbons (Fsp3) is 0.556. The lowest BCUT2D eigenvalue weighted by molar-refractivity contribution is 0.0911. The molecule has 0 heterocycles. The van der Waals surface area contributed by atoms with Crippen LogP contribution < -0.4 is 16.0 Å². The van der Waals surface area contributed by atoms with Crippen molar-refractivity contribution in [3.05, 3.63) is 29.8 Å². The summed E-state index contributed by atoms with van der Waals surface area (Å²) in [6.45, 7) is 6.03. The standard InChI is InChI=1S/C18H27N3O2/c1-4-18(2,3)21-16(22)13-9-11-15(12-10-13)20-17(23)19-14-7-5-6-8-14/h9-12,14H,4-8H2,1-3H3,(H,21,22)(H2,19,20,23). The van der Waals surface area contributed by atoms with E-state index in [0.29, 0.717) is 11.3 Å². The summed E-state index contributed by atoms with van der Waals surface area (Å²) in [6, 6.07) is 7.07. The van der Waals surface area contributed by atoms with E-state index in [1.165, 1.54) is 12.8 Å². The number of hydrogen-bond acceptors (Lipinski definition) is 2. The predicted molar refractivity (Wildman–Crippen MR) is 92.7 cm³/mol. The van der Waals surface area contributed by atoms with E-state index in [1.807, 2.05) is 20.8 Å². The van der Waals surface area contributed by atoms with Crippen molar-refractivity contribution in [3.8, 4) is 0 Å². The quantitative estimate of drug-likeness (QED) is 0.775. The normalized spacial score (nSPS) is 15.3. The van der Waals surface area contributed by atoms with Crippen LogP contribution in [-0.4, -0.2) is 23.5 Å². The van der Waals surface area contributed by atoms with Gasteiger partial charge in [-0.2, -0.15) is 0 Å². The molecule has 1 aliphatic carbocycles. The van der Waals surface area contributed by atoms with Crippen LogP contribution in [0.1, 0.15) is 63.2 Å². The van der Waals surface area contributed by atoms with Crippen molar-refractivity contribution in [3.63, 3.8) is 0 Å². The molecule has 3 N–H and O–H groups in total. The Labute approximate surface area is 138 Å². The third kappa shape index (κ3) is 5.27. The molecule has 0 aromatic heterocycles. The molecule has 0 unspecified atom stereocenters. The van der Waals surface area contributed by atoms with E-state index in [4.69, 9.17) is 0 Å². The predicted octanol–water partition coefficient (Wildman–Crippen LogP) is 3.67. The molecule has 126 valence electrons. The Kier molecular flexibility index (Phi) is 5.64. The van der Waals surface area contributed by atoms with Crippen molar-refractivity contribution < 1.29 is 9.59 Å². The summed E-state index contributed by atoms with van der Waals surface area (Å²) in [5.74, 6) is -0.0983. The molecule has 1 aromatic carbocycles. The summed E-state index contributed by atoms with van der Waals surface area (Å²) < 4.78 is 0. The van der Waals surface area contributed by atoms with Crippen LogP contribution in [0.3, 0.4) is 0 Å². The molecule has 1 fully saturated rings. The highest BCUT2D eigenvalue weighted by Gasteiger charge is 2.19. The maximum atomic E-state index is 12.2. The minimum atomic E-state index is -0.227. The molecule has 5 heteroatoms. The lowest BCUT2D eigenvalue weighted by atomic mass is 10.0. The summed E-state index contributed by atoms with van der Waals surface area (Å²) in [5, 5.41) is 8.78. The second-order valence-corrected chi connectivity index (χ2v) is 6.85. The lowest BCUT2D eigenvalue weighted by Crippen LogP contribution is -2.42. The Morgan fingerprint density at radius 3 is 2.30 bits per heavy atom. The Morgan fingerprint density at radius 2 is 1.74 bits per heavy atom. The molecule has 1 saturated carbocycles. The third-order valence-corrected chi connectivity index (χ3v) is 4.43. The van der Waals surface area contributed by atoms with Crippen molar-refractivity contribution in [1.82, 2.24) is 10.6 Å². The van der Waals surface area contributed by atoms with Crippen LogP contribution in [0.5, 0.6) is 0 Å². The fourth-order valence-electron chi connectivity index (χ4n) is 2.60. The first-order chi connectivity index (χ1) is 10.9. The Bertz CT molecular complexity index is 546. The molecule has 0 aliphatic heterocycles. The number of benzene rings is 1.